The molecule has 0 amide bonds. The van der Waals surface area contributed by atoms with Crippen molar-refractivity contribution >= 4 is 11.4 Å². The summed E-state index contributed by atoms with van der Waals surface area (Å²) in [6.45, 7) is -0.0283. The van der Waals surface area contributed by atoms with Crippen LogP contribution in [0, 0.1) is 12.3 Å². The number of benzene rings is 1. The van der Waals surface area contributed by atoms with Gasteiger partial charge in [0, 0.05) is 0 Å². The molecule has 3 nitrogen and oxygen atoms in total. The molecule has 1 unspecified atom stereocenters. The highest BCUT2D eigenvalue weighted by Gasteiger charge is 2.00. The lowest BCUT2D eigenvalue weighted by molar-refractivity contribution is 0.352. The van der Waals surface area contributed by atoms with Crippen LogP contribution < -0.4 is 4.18 Å². The van der Waals surface area contributed by atoms with Gasteiger partial charge in [0.2, 0.25) is 0 Å². The highest BCUT2D eigenvalue weighted by Crippen LogP contribution is 2.09. The van der Waals surface area contributed by atoms with Gasteiger partial charge in [-0.25, -0.2) is 4.18 Å². The van der Waals surface area contributed by atoms with Crippen LogP contribution >= 0.6 is 0 Å². The maximum Gasteiger partial charge on any atom is 0.361 e. The molecule has 0 radical (unpaired) electrons. The zero-order chi connectivity index (χ0) is 9.52. The SMILES string of the molecule is C#CCOS(=O)Oc1ccccc1. The quantitative estimate of drug-likeness (QED) is 0.681. The van der Waals surface area contributed by atoms with Crippen molar-refractivity contribution in [3.8, 4) is 18.1 Å². The number of terminal acetylenes is 1. The van der Waals surface area contributed by atoms with Crippen LogP contribution in [0.4, 0.5) is 0 Å². The van der Waals surface area contributed by atoms with Gasteiger partial charge in [-0.05, 0) is 12.1 Å². The van der Waals surface area contributed by atoms with Gasteiger partial charge in [0.05, 0.1) is 0 Å². The summed E-state index contributed by atoms with van der Waals surface area (Å²) in [6, 6.07) is 8.73. The van der Waals surface area contributed by atoms with Crippen molar-refractivity contribution in [3.05, 3.63) is 30.3 Å². The zero-order valence-electron chi connectivity index (χ0n) is 6.80. The van der Waals surface area contributed by atoms with Gasteiger partial charge in [0.1, 0.15) is 12.4 Å². The lowest BCUT2D eigenvalue weighted by Crippen LogP contribution is -2.04. The first-order valence-corrected chi connectivity index (χ1v) is 4.55. The third-order valence-electron chi connectivity index (χ3n) is 1.15. The van der Waals surface area contributed by atoms with Crippen LogP contribution in [0.5, 0.6) is 5.75 Å². The summed E-state index contributed by atoms with van der Waals surface area (Å²) in [7, 11) is 0. The first-order chi connectivity index (χ1) is 6.33. The summed E-state index contributed by atoms with van der Waals surface area (Å²) >= 11 is -1.81. The molecule has 0 heterocycles. The summed E-state index contributed by atoms with van der Waals surface area (Å²) in [5, 5.41) is 0. The van der Waals surface area contributed by atoms with E-state index in [1.807, 2.05) is 6.07 Å². The molecule has 1 rings (SSSR count). The number of hydrogen-bond donors (Lipinski definition) is 0. The normalized spacial score (nSPS) is 11.6. The van der Waals surface area contributed by atoms with Crippen LogP contribution in [0.1, 0.15) is 0 Å². The average molecular weight is 196 g/mol. The van der Waals surface area contributed by atoms with Crippen molar-refractivity contribution in [2.45, 2.75) is 0 Å². The minimum atomic E-state index is -1.81. The number of rotatable bonds is 4. The van der Waals surface area contributed by atoms with E-state index in [0.29, 0.717) is 5.75 Å². The Morgan fingerprint density at radius 3 is 2.69 bits per heavy atom. The fraction of sp³-hybridized carbons (Fsp3) is 0.111. The summed E-state index contributed by atoms with van der Waals surface area (Å²) < 4.78 is 20.4. The molecule has 13 heavy (non-hydrogen) atoms. The molecule has 1 aromatic rings. The van der Waals surface area contributed by atoms with Crippen molar-refractivity contribution in [2.24, 2.45) is 0 Å². The van der Waals surface area contributed by atoms with Gasteiger partial charge in [-0.15, -0.1) is 6.42 Å². The van der Waals surface area contributed by atoms with Crippen molar-refractivity contribution in [1.82, 2.24) is 0 Å². The van der Waals surface area contributed by atoms with E-state index < -0.39 is 11.4 Å². The molecule has 0 aromatic heterocycles. The molecule has 0 aliphatic rings. The molecular formula is C9H8O3S. The van der Waals surface area contributed by atoms with E-state index in [1.165, 1.54) is 0 Å². The lowest BCUT2D eigenvalue weighted by Gasteiger charge is -2.01. The molecule has 1 aromatic carbocycles. The van der Waals surface area contributed by atoms with Gasteiger partial charge < -0.3 is 4.18 Å². The Hall–Kier alpha value is -1.31. The Kier molecular flexibility index (Phi) is 4.03. The van der Waals surface area contributed by atoms with Crippen LogP contribution in [0.15, 0.2) is 30.3 Å². The highest BCUT2D eigenvalue weighted by molar-refractivity contribution is 7.75. The van der Waals surface area contributed by atoms with Crippen LogP contribution in [-0.4, -0.2) is 10.8 Å². The maximum atomic E-state index is 10.9. The second-order valence-corrected chi connectivity index (χ2v) is 2.88. The molecule has 1 atom stereocenters. The molecule has 0 N–H and O–H groups in total. The Labute approximate surface area is 79.5 Å². The highest BCUT2D eigenvalue weighted by atomic mass is 32.2. The van der Waals surface area contributed by atoms with Crippen LogP contribution in [0.2, 0.25) is 0 Å². The third-order valence-corrected chi connectivity index (χ3v) is 1.78. The van der Waals surface area contributed by atoms with Crippen LogP contribution in [0.25, 0.3) is 0 Å². The molecule has 0 bridgehead atoms. The van der Waals surface area contributed by atoms with Crippen molar-refractivity contribution in [1.29, 1.82) is 0 Å². The Balaban J connectivity index is 2.42. The number of para-hydroxylation sites is 1. The average Bonchev–Trinajstić information content (AvgIpc) is 2.16. The molecule has 68 valence electrons. The predicted molar refractivity (Wildman–Crippen MR) is 50.0 cm³/mol. The van der Waals surface area contributed by atoms with E-state index in [4.69, 9.17) is 10.6 Å². The van der Waals surface area contributed by atoms with Crippen LogP contribution in [0.3, 0.4) is 0 Å². The Morgan fingerprint density at radius 2 is 2.08 bits per heavy atom. The van der Waals surface area contributed by atoms with Crippen molar-refractivity contribution in [3.63, 3.8) is 0 Å². The van der Waals surface area contributed by atoms with Crippen molar-refractivity contribution in [2.75, 3.05) is 6.61 Å². The smallest absolute Gasteiger partial charge is 0.361 e. The fourth-order valence-corrected chi connectivity index (χ4v) is 1.14. The third kappa shape index (κ3) is 3.74. The molecule has 4 heteroatoms. The summed E-state index contributed by atoms with van der Waals surface area (Å²) in [6.07, 6.45) is 4.91. The minimum absolute atomic E-state index is 0.0283. The maximum absolute atomic E-state index is 10.9. The fourth-order valence-electron chi connectivity index (χ4n) is 0.661. The summed E-state index contributed by atoms with van der Waals surface area (Å²) in [5.41, 5.74) is 0. The van der Waals surface area contributed by atoms with Crippen molar-refractivity contribution < 1.29 is 12.6 Å². The minimum Gasteiger partial charge on any atom is -0.380 e. The van der Waals surface area contributed by atoms with E-state index in [9.17, 15) is 4.21 Å². The van der Waals surface area contributed by atoms with E-state index in [0.717, 1.165) is 0 Å². The zero-order valence-corrected chi connectivity index (χ0v) is 7.62. The van der Waals surface area contributed by atoms with E-state index in [-0.39, 0.29) is 6.61 Å². The van der Waals surface area contributed by atoms with E-state index >= 15 is 0 Å². The van der Waals surface area contributed by atoms with Gasteiger partial charge in [-0.3, -0.25) is 0 Å². The summed E-state index contributed by atoms with van der Waals surface area (Å²) in [4.78, 5) is 0. The largest absolute Gasteiger partial charge is 0.380 e. The second-order valence-electron chi connectivity index (χ2n) is 2.07. The topological polar surface area (TPSA) is 35.5 Å². The van der Waals surface area contributed by atoms with Crippen LogP contribution in [-0.2, 0) is 15.5 Å². The van der Waals surface area contributed by atoms with E-state index in [2.05, 4.69) is 10.1 Å². The molecule has 0 aliphatic carbocycles. The van der Waals surface area contributed by atoms with E-state index in [1.54, 1.807) is 24.3 Å². The van der Waals surface area contributed by atoms with Gasteiger partial charge in [-0.1, -0.05) is 24.1 Å². The van der Waals surface area contributed by atoms with Gasteiger partial charge in [0.15, 0.2) is 0 Å². The standard InChI is InChI=1S/C9H8O3S/c1-2-8-11-13(10)12-9-6-4-3-5-7-9/h1,3-7H,8H2. The number of hydrogen-bond acceptors (Lipinski definition) is 3. The lowest BCUT2D eigenvalue weighted by atomic mass is 10.3. The van der Waals surface area contributed by atoms with Gasteiger partial charge >= 0.3 is 11.4 Å². The molecule has 0 saturated heterocycles. The molecule has 0 aliphatic heterocycles. The Bertz CT molecular complexity index is 315. The monoisotopic (exact) mass is 196 g/mol. The van der Waals surface area contributed by atoms with Gasteiger partial charge in [-0.2, -0.15) is 4.21 Å². The first-order valence-electron chi connectivity index (χ1n) is 3.55. The molecule has 0 saturated carbocycles. The predicted octanol–water partition coefficient (Wildman–Crippen LogP) is 1.29. The summed E-state index contributed by atoms with van der Waals surface area (Å²) in [5.74, 6) is 2.67. The van der Waals surface area contributed by atoms with Gasteiger partial charge in [0.25, 0.3) is 0 Å². The molecule has 0 spiro atoms. The first kappa shape index (κ1) is 9.78. The molecule has 0 fully saturated rings. The second kappa shape index (κ2) is 5.36. The molecular weight excluding hydrogens is 188 g/mol. The Morgan fingerprint density at radius 1 is 1.38 bits per heavy atom.